The molecule has 4 heteroatoms. The summed E-state index contributed by atoms with van der Waals surface area (Å²) < 4.78 is 5.58. The van der Waals surface area contributed by atoms with Crippen LogP contribution in [0.4, 0.5) is 0 Å². The predicted octanol–water partition coefficient (Wildman–Crippen LogP) is 3.89. The first-order valence-corrected chi connectivity index (χ1v) is 9.16. The summed E-state index contributed by atoms with van der Waals surface area (Å²) in [4.78, 5) is 11.3. The highest BCUT2D eigenvalue weighted by molar-refractivity contribution is 5.73. The van der Waals surface area contributed by atoms with E-state index in [1.165, 1.54) is 32.1 Å². The molecule has 0 radical (unpaired) electrons. The number of carbonyl (C=O) groups excluding carboxylic acids is 1. The molecule has 1 aromatic heterocycles. The van der Waals surface area contributed by atoms with E-state index in [0.717, 1.165) is 36.6 Å². The van der Waals surface area contributed by atoms with E-state index in [1.807, 2.05) is 0 Å². The van der Waals surface area contributed by atoms with Gasteiger partial charge >= 0.3 is 0 Å². The fourth-order valence-corrected chi connectivity index (χ4v) is 4.33. The molecule has 0 saturated heterocycles. The second kappa shape index (κ2) is 6.66. The fraction of sp³-hybridized carbons (Fsp3) is 0.789. The largest absolute Gasteiger partial charge is 0.361 e. The maximum Gasteiger partial charge on any atom is 0.217 e. The Morgan fingerprint density at radius 2 is 2.04 bits per heavy atom. The van der Waals surface area contributed by atoms with Crippen LogP contribution in [0.25, 0.3) is 0 Å². The van der Waals surface area contributed by atoms with Gasteiger partial charge in [-0.05, 0) is 30.1 Å². The van der Waals surface area contributed by atoms with Gasteiger partial charge in [0.15, 0.2) is 0 Å². The highest BCUT2D eigenvalue weighted by Gasteiger charge is 2.48. The van der Waals surface area contributed by atoms with Gasteiger partial charge in [0.2, 0.25) is 5.91 Å². The third kappa shape index (κ3) is 3.78. The van der Waals surface area contributed by atoms with Crippen LogP contribution in [0.3, 0.4) is 0 Å². The van der Waals surface area contributed by atoms with E-state index in [0.29, 0.717) is 12.0 Å². The van der Waals surface area contributed by atoms with E-state index >= 15 is 0 Å². The number of rotatable bonds is 5. The Bertz CT molecular complexity index is 543. The van der Waals surface area contributed by atoms with Gasteiger partial charge in [0.25, 0.3) is 0 Å². The lowest BCUT2D eigenvalue weighted by molar-refractivity contribution is -0.123. The molecule has 128 valence electrons. The van der Waals surface area contributed by atoms with Gasteiger partial charge in [-0.1, -0.05) is 51.1 Å². The smallest absolute Gasteiger partial charge is 0.217 e. The predicted molar refractivity (Wildman–Crippen MR) is 90.0 cm³/mol. The van der Waals surface area contributed by atoms with Crippen LogP contribution in [-0.2, 0) is 17.6 Å². The standard InChI is InChI=1S/C19H30N2O2/c1-13(22)20-18-11-15(19(18,2)3)10-16-12-17(23-21-16)9-14-7-5-4-6-8-14/h12,14-15,18H,4-11H2,1-3H3,(H,20,22). The maximum atomic E-state index is 11.3. The summed E-state index contributed by atoms with van der Waals surface area (Å²) in [5.41, 5.74) is 1.21. The molecular formula is C19H30N2O2. The summed E-state index contributed by atoms with van der Waals surface area (Å²) in [6.07, 6.45) is 9.85. The van der Waals surface area contributed by atoms with Gasteiger partial charge in [-0.3, -0.25) is 4.79 Å². The normalized spacial score (nSPS) is 27.4. The number of amides is 1. The molecular weight excluding hydrogens is 288 g/mol. The van der Waals surface area contributed by atoms with Crippen LogP contribution < -0.4 is 5.32 Å². The first-order chi connectivity index (χ1) is 10.9. The molecule has 23 heavy (non-hydrogen) atoms. The van der Waals surface area contributed by atoms with Gasteiger partial charge in [0.05, 0.1) is 5.69 Å². The quantitative estimate of drug-likeness (QED) is 0.896. The molecule has 2 fully saturated rings. The molecule has 0 aliphatic heterocycles. The number of carbonyl (C=O) groups is 1. The summed E-state index contributed by atoms with van der Waals surface area (Å²) in [6, 6.07) is 2.45. The molecule has 2 aliphatic rings. The first-order valence-electron chi connectivity index (χ1n) is 9.16. The van der Waals surface area contributed by atoms with E-state index in [-0.39, 0.29) is 11.3 Å². The van der Waals surface area contributed by atoms with E-state index in [4.69, 9.17) is 4.52 Å². The summed E-state index contributed by atoms with van der Waals surface area (Å²) in [5.74, 6) is 2.47. The zero-order chi connectivity index (χ0) is 16.4. The minimum Gasteiger partial charge on any atom is -0.361 e. The molecule has 0 spiro atoms. The SMILES string of the molecule is CC(=O)NC1CC(Cc2cc(CC3CCCCC3)on2)C1(C)C. The van der Waals surface area contributed by atoms with Crippen molar-refractivity contribution in [2.24, 2.45) is 17.3 Å². The Morgan fingerprint density at radius 1 is 1.30 bits per heavy atom. The third-order valence-electron chi connectivity index (χ3n) is 6.13. The Balaban J connectivity index is 1.52. The van der Waals surface area contributed by atoms with Gasteiger partial charge in [0, 0.05) is 25.5 Å². The lowest BCUT2D eigenvalue weighted by atomic mass is 9.57. The topological polar surface area (TPSA) is 55.1 Å². The second-order valence-corrected chi connectivity index (χ2v) is 8.20. The van der Waals surface area contributed by atoms with Crippen LogP contribution in [0.1, 0.15) is 70.8 Å². The molecule has 2 atom stereocenters. The van der Waals surface area contributed by atoms with Crippen LogP contribution >= 0.6 is 0 Å². The number of hydrogen-bond acceptors (Lipinski definition) is 3. The van der Waals surface area contributed by atoms with E-state index in [1.54, 1.807) is 6.92 Å². The summed E-state index contributed by atoms with van der Waals surface area (Å²) in [6.45, 7) is 6.08. The van der Waals surface area contributed by atoms with Crippen molar-refractivity contribution in [3.63, 3.8) is 0 Å². The lowest BCUT2D eigenvalue weighted by Crippen LogP contribution is -2.58. The number of aromatic nitrogens is 1. The molecule has 0 bridgehead atoms. The Labute approximate surface area is 139 Å². The van der Waals surface area contributed by atoms with E-state index in [9.17, 15) is 4.79 Å². The summed E-state index contributed by atoms with van der Waals surface area (Å²) in [5, 5.41) is 7.35. The van der Waals surface area contributed by atoms with Gasteiger partial charge in [0.1, 0.15) is 5.76 Å². The number of hydrogen-bond donors (Lipinski definition) is 1. The Hall–Kier alpha value is -1.32. The van der Waals surface area contributed by atoms with Crippen molar-refractivity contribution in [3.8, 4) is 0 Å². The molecule has 1 heterocycles. The minimum absolute atomic E-state index is 0.0673. The molecule has 1 aromatic rings. The van der Waals surface area contributed by atoms with Crippen molar-refractivity contribution in [3.05, 3.63) is 17.5 Å². The van der Waals surface area contributed by atoms with Crippen molar-refractivity contribution < 1.29 is 9.32 Å². The van der Waals surface area contributed by atoms with Crippen molar-refractivity contribution in [1.29, 1.82) is 0 Å². The molecule has 2 unspecified atom stereocenters. The van der Waals surface area contributed by atoms with Gasteiger partial charge in [-0.15, -0.1) is 0 Å². The zero-order valence-electron chi connectivity index (χ0n) is 14.7. The highest BCUT2D eigenvalue weighted by Crippen LogP contribution is 2.47. The summed E-state index contributed by atoms with van der Waals surface area (Å²) in [7, 11) is 0. The van der Waals surface area contributed by atoms with Gasteiger partial charge in [-0.25, -0.2) is 0 Å². The molecule has 0 aromatic carbocycles. The van der Waals surface area contributed by atoms with Crippen molar-refractivity contribution in [2.45, 2.75) is 78.2 Å². The van der Waals surface area contributed by atoms with E-state index in [2.05, 4.69) is 30.4 Å². The first kappa shape index (κ1) is 16.5. The zero-order valence-corrected chi connectivity index (χ0v) is 14.7. The van der Waals surface area contributed by atoms with Crippen LogP contribution in [0.2, 0.25) is 0 Å². The van der Waals surface area contributed by atoms with Crippen LogP contribution in [0.5, 0.6) is 0 Å². The van der Waals surface area contributed by atoms with Crippen LogP contribution in [0, 0.1) is 17.3 Å². The average molecular weight is 318 g/mol. The monoisotopic (exact) mass is 318 g/mol. The molecule has 4 nitrogen and oxygen atoms in total. The molecule has 3 rings (SSSR count). The molecule has 2 aliphatic carbocycles. The van der Waals surface area contributed by atoms with Crippen molar-refractivity contribution >= 4 is 5.91 Å². The average Bonchev–Trinajstić information content (AvgIpc) is 2.94. The minimum atomic E-state index is 0.0673. The van der Waals surface area contributed by atoms with Crippen LogP contribution in [-0.4, -0.2) is 17.1 Å². The van der Waals surface area contributed by atoms with Gasteiger partial charge < -0.3 is 9.84 Å². The molecule has 1 N–H and O–H groups in total. The fourth-order valence-electron chi connectivity index (χ4n) is 4.33. The Morgan fingerprint density at radius 3 is 2.70 bits per heavy atom. The third-order valence-corrected chi connectivity index (χ3v) is 6.13. The highest BCUT2D eigenvalue weighted by atomic mass is 16.5. The number of nitrogens with zero attached hydrogens (tertiary/aromatic N) is 1. The molecule has 1 amide bonds. The molecule has 2 saturated carbocycles. The second-order valence-electron chi connectivity index (χ2n) is 8.20. The van der Waals surface area contributed by atoms with E-state index < -0.39 is 0 Å². The number of nitrogens with one attached hydrogen (secondary N) is 1. The maximum absolute atomic E-state index is 11.3. The van der Waals surface area contributed by atoms with Gasteiger partial charge in [-0.2, -0.15) is 0 Å². The summed E-state index contributed by atoms with van der Waals surface area (Å²) >= 11 is 0. The van der Waals surface area contributed by atoms with Crippen LogP contribution in [0.15, 0.2) is 10.6 Å². The lowest BCUT2D eigenvalue weighted by Gasteiger charge is -2.52. The Kier molecular flexibility index (Phi) is 4.79. The van der Waals surface area contributed by atoms with Crippen molar-refractivity contribution in [1.82, 2.24) is 10.5 Å². The van der Waals surface area contributed by atoms with Crippen molar-refractivity contribution in [2.75, 3.05) is 0 Å².